The summed E-state index contributed by atoms with van der Waals surface area (Å²) < 4.78 is 0. The molecule has 2 nitrogen and oxygen atoms in total. The van der Waals surface area contributed by atoms with Gasteiger partial charge in [0.25, 0.3) is 0 Å². The van der Waals surface area contributed by atoms with Crippen LogP contribution in [0.5, 0.6) is 0 Å². The van der Waals surface area contributed by atoms with Crippen molar-refractivity contribution in [1.29, 1.82) is 0 Å². The molecule has 2 bridgehead atoms. The average molecular weight is 298 g/mol. The molecule has 4 heteroatoms. The molecule has 0 radical (unpaired) electrons. The molecule has 2 heterocycles. The van der Waals surface area contributed by atoms with E-state index in [-0.39, 0.29) is 11.8 Å². The van der Waals surface area contributed by atoms with Crippen LogP contribution in [0.3, 0.4) is 0 Å². The third-order valence-electron chi connectivity index (χ3n) is 4.86. The normalized spacial score (nSPS) is 34.5. The molecule has 19 heavy (non-hydrogen) atoms. The highest BCUT2D eigenvalue weighted by Crippen LogP contribution is 2.45. The van der Waals surface area contributed by atoms with E-state index in [9.17, 15) is 4.79 Å². The van der Waals surface area contributed by atoms with Crippen LogP contribution in [-0.2, 0) is 4.79 Å². The number of piperidine rings is 1. The molecular formula is C15H17Cl2NO. The number of carbonyl (C=O) groups is 1. The highest BCUT2D eigenvalue weighted by atomic mass is 35.5. The number of aldehydes is 1. The molecule has 102 valence electrons. The van der Waals surface area contributed by atoms with E-state index in [1.54, 1.807) is 0 Å². The zero-order valence-electron chi connectivity index (χ0n) is 10.9. The smallest absolute Gasteiger partial charge is 0.125 e. The van der Waals surface area contributed by atoms with Crippen LogP contribution in [0, 0.1) is 5.92 Å². The predicted octanol–water partition coefficient (Wildman–Crippen LogP) is 3.76. The molecule has 0 saturated carbocycles. The molecule has 3 rings (SSSR count). The third kappa shape index (κ3) is 2.20. The SMILES string of the molecule is CN1C2CC[C@@H]1[C@H](C=O)[C@@H](c1ccc(Cl)c(Cl)c1)C2. The summed E-state index contributed by atoms with van der Waals surface area (Å²) >= 11 is 12.1. The van der Waals surface area contributed by atoms with Gasteiger partial charge in [0.2, 0.25) is 0 Å². The summed E-state index contributed by atoms with van der Waals surface area (Å²) in [4.78, 5) is 13.9. The maximum Gasteiger partial charge on any atom is 0.125 e. The predicted molar refractivity (Wildman–Crippen MR) is 77.9 cm³/mol. The monoisotopic (exact) mass is 297 g/mol. The lowest BCUT2D eigenvalue weighted by Crippen LogP contribution is -2.46. The second kappa shape index (κ2) is 5.08. The van der Waals surface area contributed by atoms with Crippen molar-refractivity contribution >= 4 is 29.5 Å². The molecule has 2 aliphatic heterocycles. The minimum absolute atomic E-state index is 0.0704. The largest absolute Gasteiger partial charge is 0.303 e. The Kier molecular flexibility index (Phi) is 3.59. The first-order valence-corrected chi connectivity index (χ1v) is 7.49. The number of hydrogen-bond acceptors (Lipinski definition) is 2. The molecule has 2 aliphatic rings. The van der Waals surface area contributed by atoms with Crippen molar-refractivity contribution in [3.63, 3.8) is 0 Å². The first-order valence-electron chi connectivity index (χ1n) is 6.74. The van der Waals surface area contributed by atoms with Gasteiger partial charge < -0.3 is 4.79 Å². The van der Waals surface area contributed by atoms with Crippen molar-refractivity contribution in [3.8, 4) is 0 Å². The van der Waals surface area contributed by atoms with Crippen LogP contribution < -0.4 is 0 Å². The standard InChI is InChI=1S/C15H17Cl2NO/c1-18-10-3-5-15(18)12(8-19)11(7-10)9-2-4-13(16)14(17)6-9/h2,4,6,8,10-12,15H,3,5,7H2,1H3/t10?,11-,12-,15-/m1/s1. The van der Waals surface area contributed by atoms with Crippen LogP contribution in [0.2, 0.25) is 10.0 Å². The van der Waals surface area contributed by atoms with Crippen molar-refractivity contribution in [3.05, 3.63) is 33.8 Å². The fourth-order valence-electron chi connectivity index (χ4n) is 3.79. The summed E-state index contributed by atoms with van der Waals surface area (Å²) in [5.74, 6) is 0.349. The minimum Gasteiger partial charge on any atom is -0.303 e. The maximum absolute atomic E-state index is 11.5. The number of carbonyl (C=O) groups excluding carboxylic acids is 1. The molecule has 0 aromatic heterocycles. The minimum atomic E-state index is 0.0704. The Labute approximate surface area is 123 Å². The lowest BCUT2D eigenvalue weighted by Gasteiger charge is -2.41. The Hall–Kier alpha value is -0.570. The van der Waals surface area contributed by atoms with E-state index in [1.807, 2.05) is 18.2 Å². The fraction of sp³-hybridized carbons (Fsp3) is 0.533. The number of nitrogens with zero attached hydrogens (tertiary/aromatic N) is 1. The van der Waals surface area contributed by atoms with Crippen molar-refractivity contribution < 1.29 is 4.79 Å². The topological polar surface area (TPSA) is 20.3 Å². The lowest BCUT2D eigenvalue weighted by atomic mass is 9.77. The second-order valence-electron chi connectivity index (χ2n) is 5.69. The molecule has 1 unspecified atom stereocenters. The van der Waals surface area contributed by atoms with E-state index in [0.29, 0.717) is 22.1 Å². The van der Waals surface area contributed by atoms with Gasteiger partial charge in [-0.15, -0.1) is 0 Å². The van der Waals surface area contributed by atoms with E-state index in [2.05, 4.69) is 11.9 Å². The van der Waals surface area contributed by atoms with Gasteiger partial charge in [-0.3, -0.25) is 4.90 Å². The van der Waals surface area contributed by atoms with E-state index in [0.717, 1.165) is 24.7 Å². The van der Waals surface area contributed by atoms with Crippen molar-refractivity contribution in [2.75, 3.05) is 7.05 Å². The summed E-state index contributed by atoms with van der Waals surface area (Å²) in [7, 11) is 2.14. The average Bonchev–Trinajstić information content (AvgIpc) is 2.65. The summed E-state index contributed by atoms with van der Waals surface area (Å²) in [5.41, 5.74) is 1.15. The number of rotatable bonds is 2. The molecule has 2 saturated heterocycles. The maximum atomic E-state index is 11.5. The van der Waals surface area contributed by atoms with Crippen LogP contribution in [0.4, 0.5) is 0 Å². The quantitative estimate of drug-likeness (QED) is 0.775. The lowest BCUT2D eigenvalue weighted by molar-refractivity contribution is -0.114. The van der Waals surface area contributed by atoms with Crippen LogP contribution in [0.1, 0.15) is 30.7 Å². The Balaban J connectivity index is 1.95. The number of halogens is 2. The van der Waals surface area contributed by atoms with E-state index in [4.69, 9.17) is 23.2 Å². The number of benzene rings is 1. The van der Waals surface area contributed by atoms with Crippen molar-refractivity contribution in [2.45, 2.75) is 37.3 Å². The Morgan fingerprint density at radius 2 is 2.05 bits per heavy atom. The van der Waals surface area contributed by atoms with E-state index in [1.165, 1.54) is 6.42 Å². The molecule has 2 fully saturated rings. The van der Waals surface area contributed by atoms with E-state index < -0.39 is 0 Å². The first-order chi connectivity index (χ1) is 9.11. The van der Waals surface area contributed by atoms with Crippen LogP contribution in [0.15, 0.2) is 18.2 Å². The molecule has 1 aromatic carbocycles. The van der Waals surface area contributed by atoms with Gasteiger partial charge in [0, 0.05) is 18.0 Å². The molecule has 0 spiro atoms. The summed E-state index contributed by atoms with van der Waals surface area (Å²) in [6, 6.07) is 6.76. The Bertz CT molecular complexity index is 505. The highest BCUT2D eigenvalue weighted by Gasteiger charge is 2.45. The van der Waals surface area contributed by atoms with Gasteiger partial charge in [-0.2, -0.15) is 0 Å². The van der Waals surface area contributed by atoms with Crippen LogP contribution in [-0.4, -0.2) is 30.3 Å². The number of fused-ring (bicyclic) bond motifs is 2. The number of hydrogen-bond donors (Lipinski definition) is 0. The summed E-state index contributed by atoms with van der Waals surface area (Å²) in [6.45, 7) is 0. The Morgan fingerprint density at radius 3 is 2.74 bits per heavy atom. The van der Waals surface area contributed by atoms with Gasteiger partial charge in [0.15, 0.2) is 0 Å². The molecule has 0 N–H and O–H groups in total. The van der Waals surface area contributed by atoms with Crippen molar-refractivity contribution in [2.24, 2.45) is 5.92 Å². The molecule has 4 atom stereocenters. The Morgan fingerprint density at radius 1 is 1.26 bits per heavy atom. The molecule has 0 aliphatic carbocycles. The highest BCUT2D eigenvalue weighted by molar-refractivity contribution is 6.42. The third-order valence-corrected chi connectivity index (χ3v) is 5.60. The fourth-order valence-corrected chi connectivity index (χ4v) is 4.10. The zero-order chi connectivity index (χ0) is 13.6. The summed E-state index contributed by atoms with van der Waals surface area (Å²) in [6.07, 6.45) is 4.50. The van der Waals surface area contributed by atoms with Crippen LogP contribution >= 0.6 is 23.2 Å². The zero-order valence-corrected chi connectivity index (χ0v) is 12.4. The van der Waals surface area contributed by atoms with Crippen molar-refractivity contribution in [1.82, 2.24) is 4.90 Å². The first kappa shape index (κ1) is 13.4. The van der Waals surface area contributed by atoms with Gasteiger partial charge in [-0.05, 0) is 49.9 Å². The van der Waals surface area contributed by atoms with E-state index >= 15 is 0 Å². The summed E-state index contributed by atoms with van der Waals surface area (Å²) in [5, 5.41) is 1.15. The second-order valence-corrected chi connectivity index (χ2v) is 6.51. The van der Waals surface area contributed by atoms with Gasteiger partial charge in [-0.1, -0.05) is 29.3 Å². The van der Waals surface area contributed by atoms with Gasteiger partial charge >= 0.3 is 0 Å². The molecule has 0 amide bonds. The van der Waals surface area contributed by atoms with Crippen LogP contribution in [0.25, 0.3) is 0 Å². The van der Waals surface area contributed by atoms with Gasteiger partial charge in [0.1, 0.15) is 6.29 Å². The van der Waals surface area contributed by atoms with Gasteiger partial charge in [0.05, 0.1) is 10.0 Å². The molecular weight excluding hydrogens is 281 g/mol. The van der Waals surface area contributed by atoms with Gasteiger partial charge in [-0.25, -0.2) is 0 Å². The molecule has 1 aromatic rings.